The molecule has 1 heterocycles. The Morgan fingerprint density at radius 1 is 0.857 bits per heavy atom. The van der Waals surface area contributed by atoms with Crippen molar-refractivity contribution in [3.63, 3.8) is 0 Å². The van der Waals surface area contributed by atoms with Gasteiger partial charge in [0.25, 0.3) is 0 Å². The standard InChI is InChI=1S/C23H31N3OS/c1-3-4-5-6-7-8-9-10-15-28-19-12-13-20-21(17-19)25-26(24-20)22-16-18(2)11-14-23(22)27/h11-14,16-17,27H,3-10,15H2,1-2H3. The van der Waals surface area contributed by atoms with E-state index in [1.807, 2.05) is 36.9 Å². The summed E-state index contributed by atoms with van der Waals surface area (Å²) in [6.07, 6.45) is 10.8. The van der Waals surface area contributed by atoms with E-state index in [4.69, 9.17) is 0 Å². The van der Waals surface area contributed by atoms with Crippen LogP contribution in [-0.2, 0) is 0 Å². The molecule has 3 rings (SSSR count). The molecule has 0 aliphatic rings. The van der Waals surface area contributed by atoms with Crippen molar-refractivity contribution in [1.29, 1.82) is 0 Å². The Hall–Kier alpha value is -2.01. The normalized spacial score (nSPS) is 11.4. The first kappa shape index (κ1) is 20.7. The quantitative estimate of drug-likeness (QED) is 0.290. The summed E-state index contributed by atoms with van der Waals surface area (Å²) >= 11 is 1.89. The minimum atomic E-state index is 0.190. The van der Waals surface area contributed by atoms with E-state index in [2.05, 4.69) is 29.3 Å². The number of unbranched alkanes of at least 4 members (excludes halogenated alkanes) is 7. The lowest BCUT2D eigenvalue weighted by atomic mass is 10.1. The van der Waals surface area contributed by atoms with Crippen molar-refractivity contribution in [3.8, 4) is 11.4 Å². The highest BCUT2D eigenvalue weighted by Gasteiger charge is 2.09. The van der Waals surface area contributed by atoms with E-state index in [9.17, 15) is 5.11 Å². The van der Waals surface area contributed by atoms with Gasteiger partial charge in [-0.25, -0.2) is 0 Å². The van der Waals surface area contributed by atoms with Crippen LogP contribution in [0.25, 0.3) is 16.7 Å². The van der Waals surface area contributed by atoms with Crippen LogP contribution < -0.4 is 0 Å². The Bertz CT molecular complexity index is 891. The molecule has 3 aromatic rings. The van der Waals surface area contributed by atoms with Gasteiger partial charge in [0.15, 0.2) is 0 Å². The third-order valence-corrected chi connectivity index (χ3v) is 6.04. The van der Waals surface area contributed by atoms with Gasteiger partial charge in [0.1, 0.15) is 22.5 Å². The van der Waals surface area contributed by atoms with Crippen molar-refractivity contribution >= 4 is 22.8 Å². The molecule has 2 aromatic carbocycles. The number of rotatable bonds is 11. The fourth-order valence-electron chi connectivity index (χ4n) is 3.31. The Morgan fingerprint density at radius 2 is 1.57 bits per heavy atom. The molecular weight excluding hydrogens is 366 g/mol. The summed E-state index contributed by atoms with van der Waals surface area (Å²) in [6, 6.07) is 11.7. The molecule has 0 aliphatic heterocycles. The molecule has 0 aliphatic carbocycles. The third kappa shape index (κ3) is 5.74. The molecule has 1 aromatic heterocycles. The summed E-state index contributed by atoms with van der Waals surface area (Å²) in [7, 11) is 0. The number of phenols is 1. The monoisotopic (exact) mass is 397 g/mol. The Kier molecular flexibility index (Phi) is 7.78. The van der Waals surface area contributed by atoms with Gasteiger partial charge in [-0.15, -0.1) is 26.8 Å². The summed E-state index contributed by atoms with van der Waals surface area (Å²) in [5.74, 6) is 1.34. The second-order valence-electron chi connectivity index (χ2n) is 7.46. The number of fused-ring (bicyclic) bond motifs is 1. The van der Waals surface area contributed by atoms with Gasteiger partial charge in [-0.3, -0.25) is 0 Å². The summed E-state index contributed by atoms with van der Waals surface area (Å²) in [5, 5.41) is 19.2. The van der Waals surface area contributed by atoms with Gasteiger partial charge in [-0.05, 0) is 55.0 Å². The maximum absolute atomic E-state index is 10.1. The minimum Gasteiger partial charge on any atom is -0.506 e. The number of benzene rings is 2. The van der Waals surface area contributed by atoms with E-state index in [0.717, 1.165) is 22.3 Å². The lowest BCUT2D eigenvalue weighted by Gasteiger charge is -2.03. The summed E-state index contributed by atoms with van der Waals surface area (Å²) in [4.78, 5) is 2.76. The van der Waals surface area contributed by atoms with Crippen LogP contribution in [0.5, 0.6) is 5.75 Å². The lowest BCUT2D eigenvalue weighted by molar-refractivity contribution is 0.467. The zero-order chi connectivity index (χ0) is 19.8. The van der Waals surface area contributed by atoms with Crippen LogP contribution in [0.3, 0.4) is 0 Å². The van der Waals surface area contributed by atoms with Crippen molar-refractivity contribution in [3.05, 3.63) is 42.0 Å². The van der Waals surface area contributed by atoms with Crippen molar-refractivity contribution in [2.45, 2.75) is 70.1 Å². The van der Waals surface area contributed by atoms with Gasteiger partial charge in [-0.1, -0.05) is 57.9 Å². The van der Waals surface area contributed by atoms with E-state index in [1.54, 1.807) is 6.07 Å². The van der Waals surface area contributed by atoms with Crippen molar-refractivity contribution in [2.75, 3.05) is 5.75 Å². The molecule has 4 nitrogen and oxygen atoms in total. The van der Waals surface area contributed by atoms with Crippen LogP contribution in [0.1, 0.15) is 63.9 Å². The first-order valence-corrected chi connectivity index (χ1v) is 11.5. The van der Waals surface area contributed by atoms with Crippen LogP contribution in [0.4, 0.5) is 0 Å². The van der Waals surface area contributed by atoms with Gasteiger partial charge < -0.3 is 5.11 Å². The highest BCUT2D eigenvalue weighted by molar-refractivity contribution is 7.99. The van der Waals surface area contributed by atoms with E-state index >= 15 is 0 Å². The van der Waals surface area contributed by atoms with Gasteiger partial charge >= 0.3 is 0 Å². The van der Waals surface area contributed by atoms with Crippen molar-refractivity contribution in [1.82, 2.24) is 15.0 Å². The Balaban J connectivity index is 1.51. The molecule has 1 N–H and O–H groups in total. The SMILES string of the molecule is CCCCCCCCCCSc1ccc2nn(-c3cc(C)ccc3O)nc2c1. The van der Waals surface area contributed by atoms with Crippen LogP contribution in [0.15, 0.2) is 41.3 Å². The number of phenolic OH excluding ortho intramolecular Hbond substituents is 1. The van der Waals surface area contributed by atoms with Crippen LogP contribution in [0.2, 0.25) is 0 Å². The summed E-state index contributed by atoms with van der Waals surface area (Å²) in [6.45, 7) is 4.26. The zero-order valence-electron chi connectivity index (χ0n) is 17.0. The summed E-state index contributed by atoms with van der Waals surface area (Å²) < 4.78 is 0. The predicted molar refractivity (Wildman–Crippen MR) is 119 cm³/mol. The van der Waals surface area contributed by atoms with Crippen LogP contribution in [-0.4, -0.2) is 25.9 Å². The molecule has 0 saturated heterocycles. The fraction of sp³-hybridized carbons (Fsp3) is 0.478. The van der Waals surface area contributed by atoms with Gasteiger partial charge in [0, 0.05) is 4.90 Å². The number of aromatic hydroxyl groups is 1. The number of hydrogen-bond acceptors (Lipinski definition) is 4. The lowest BCUT2D eigenvalue weighted by Crippen LogP contribution is -1.99. The largest absolute Gasteiger partial charge is 0.506 e. The molecule has 5 heteroatoms. The number of hydrogen-bond donors (Lipinski definition) is 1. The molecule has 0 bridgehead atoms. The molecule has 0 saturated carbocycles. The van der Waals surface area contributed by atoms with E-state index in [1.165, 1.54) is 61.1 Å². The first-order chi connectivity index (χ1) is 13.7. The third-order valence-electron chi connectivity index (χ3n) is 4.96. The topological polar surface area (TPSA) is 50.9 Å². The molecule has 150 valence electrons. The second kappa shape index (κ2) is 10.5. The highest BCUT2D eigenvalue weighted by atomic mass is 32.2. The maximum Gasteiger partial charge on any atom is 0.143 e. The van der Waals surface area contributed by atoms with Gasteiger partial charge in [0.05, 0.1) is 0 Å². The predicted octanol–water partition coefficient (Wildman–Crippen LogP) is 6.67. The molecule has 0 atom stereocenters. The van der Waals surface area contributed by atoms with E-state index in [0.29, 0.717) is 5.69 Å². The van der Waals surface area contributed by atoms with Crippen molar-refractivity contribution in [2.24, 2.45) is 0 Å². The molecule has 28 heavy (non-hydrogen) atoms. The van der Waals surface area contributed by atoms with Gasteiger partial charge in [-0.2, -0.15) is 0 Å². The van der Waals surface area contributed by atoms with Gasteiger partial charge in [0.2, 0.25) is 0 Å². The van der Waals surface area contributed by atoms with Crippen LogP contribution in [0, 0.1) is 6.92 Å². The number of aromatic nitrogens is 3. The van der Waals surface area contributed by atoms with E-state index in [-0.39, 0.29) is 5.75 Å². The average molecular weight is 398 g/mol. The smallest absolute Gasteiger partial charge is 0.143 e. The molecule has 0 fully saturated rings. The minimum absolute atomic E-state index is 0.190. The average Bonchev–Trinajstić information content (AvgIpc) is 3.11. The van der Waals surface area contributed by atoms with E-state index < -0.39 is 0 Å². The maximum atomic E-state index is 10.1. The number of thioether (sulfide) groups is 1. The summed E-state index contributed by atoms with van der Waals surface area (Å²) in [5.41, 5.74) is 3.39. The Morgan fingerprint density at radius 3 is 2.36 bits per heavy atom. The van der Waals surface area contributed by atoms with Crippen LogP contribution >= 0.6 is 11.8 Å². The van der Waals surface area contributed by atoms with Crippen molar-refractivity contribution < 1.29 is 5.11 Å². The highest BCUT2D eigenvalue weighted by Crippen LogP contribution is 2.26. The molecule has 0 spiro atoms. The molecule has 0 amide bonds. The molecule has 0 unspecified atom stereocenters. The Labute approximate surface area is 172 Å². The zero-order valence-corrected chi connectivity index (χ0v) is 17.8. The number of aryl methyl sites for hydroxylation is 1. The molecule has 0 radical (unpaired) electrons. The first-order valence-electron chi connectivity index (χ1n) is 10.5. The number of nitrogens with zero attached hydrogens (tertiary/aromatic N) is 3. The molecular formula is C23H31N3OS. The fourth-order valence-corrected chi connectivity index (χ4v) is 4.25. The second-order valence-corrected chi connectivity index (χ2v) is 8.62.